The molecule has 470 valence electrons. The molecule has 0 radical (unpaired) electrons. The molecule has 0 N–H and O–H groups in total. The average molecular weight is 1160 g/mol. The quantitative estimate of drug-likeness (QED) is 0.0358. The van der Waals surface area contributed by atoms with Gasteiger partial charge in [-0.3, -0.25) is 0 Å². The Balaban J connectivity index is 0.00000428. The van der Waals surface area contributed by atoms with E-state index in [1.807, 2.05) is 14.4 Å². The molecule has 2 aromatic rings. The Hall–Kier alpha value is -1.99. The zero-order valence-corrected chi connectivity index (χ0v) is 56.8. The summed E-state index contributed by atoms with van der Waals surface area (Å²) in [6, 6.07) is 15.1. The number of unbranched alkanes of at least 4 members (excludes halogenated alkanes) is 41. The minimum absolute atomic E-state index is 0.944. The zero-order chi connectivity index (χ0) is 58.5. The van der Waals surface area contributed by atoms with Gasteiger partial charge in [-0.1, -0.05) is 317 Å². The van der Waals surface area contributed by atoms with Crippen molar-refractivity contribution in [2.45, 2.75) is 400 Å². The third-order valence-corrected chi connectivity index (χ3v) is 18.7. The monoisotopic (exact) mass is 1160 g/mol. The van der Waals surface area contributed by atoms with Crippen LogP contribution in [0.4, 0.5) is 0 Å². The fourth-order valence-corrected chi connectivity index (χ4v) is 13.3. The van der Waals surface area contributed by atoms with Crippen LogP contribution in [0.15, 0.2) is 47.5 Å². The predicted octanol–water partition coefficient (Wildman–Crippen LogP) is 27.8. The van der Waals surface area contributed by atoms with Crippen molar-refractivity contribution in [3.8, 4) is 0 Å². The van der Waals surface area contributed by atoms with Crippen LogP contribution in [0.3, 0.4) is 0 Å². The Morgan fingerprint density at radius 3 is 0.691 bits per heavy atom. The zero-order valence-electron chi connectivity index (χ0n) is 55.9. The van der Waals surface area contributed by atoms with E-state index in [4.69, 9.17) is 0 Å². The molecular formula is C78H138N2Ni. The molecular weight excluding hydrogens is 1020 g/mol. The molecule has 0 saturated heterocycles. The Morgan fingerprint density at radius 2 is 0.469 bits per heavy atom. The van der Waals surface area contributed by atoms with Crippen molar-refractivity contribution in [1.29, 1.82) is 0 Å². The summed E-state index contributed by atoms with van der Waals surface area (Å²) in [5.41, 5.74) is 26.3. The Bertz CT molecular complexity index is 1750. The predicted molar refractivity (Wildman–Crippen MR) is 362 cm³/mol. The van der Waals surface area contributed by atoms with Crippen LogP contribution in [0.5, 0.6) is 0 Å². The first-order chi connectivity index (χ1) is 39.9. The Morgan fingerprint density at radius 1 is 0.259 bits per heavy atom. The van der Waals surface area contributed by atoms with E-state index in [1.165, 1.54) is 351 Å². The van der Waals surface area contributed by atoms with Gasteiger partial charge in [-0.15, -0.1) is 0 Å². The van der Waals surface area contributed by atoms with Gasteiger partial charge in [0.15, 0.2) is 0 Å². The summed E-state index contributed by atoms with van der Waals surface area (Å²) in [7, 11) is 0. The molecule has 2 nitrogen and oxygen atoms in total. The van der Waals surface area contributed by atoms with E-state index in [1.54, 1.807) is 4.70 Å². The normalized spacial score (nSPS) is 12.7. The van der Waals surface area contributed by atoms with Crippen molar-refractivity contribution >= 4 is 11.4 Å². The van der Waals surface area contributed by atoms with Crippen LogP contribution in [-0.2, 0) is 40.1 Å². The summed E-state index contributed by atoms with van der Waals surface area (Å²) in [6.45, 7) is 18.3. The number of benzene rings is 2. The molecule has 0 fully saturated rings. The number of hydrogen-bond acceptors (Lipinski definition) is 0. The molecule has 0 saturated carbocycles. The van der Waals surface area contributed by atoms with Gasteiger partial charge in [-0.05, 0) is 117 Å². The molecule has 2 aromatic carbocycles. The molecule has 0 aromatic heterocycles. The molecule has 1 heterocycles. The standard InChI is InChI=1S/C74H128N2.2C2H5.Ni/c1-7-13-18-23-26-28-30-32-34-36-38-40-42-44-46-51-56-67-60-68(57-52-47-45-43-41-39-37-35-33-31-29-27-24-19-14-8-2)62-69(61-67)73-71(12-6)72(58-53-48-25-20-15-9-3)74(76(73)75)70-63-65(54-49-21-16-10-4)59-66(64-70)55-50-22-17-11-5;2*1-2;/h59-64H,7-58H2,1-6H3;2*1H2,2H3;. The number of rotatable bonds is 56. The van der Waals surface area contributed by atoms with Gasteiger partial charge in [0, 0.05) is 22.3 Å². The van der Waals surface area contributed by atoms with Gasteiger partial charge in [0.2, 0.25) is 11.4 Å². The second-order valence-electron chi connectivity index (χ2n) is 25.2. The summed E-state index contributed by atoms with van der Waals surface area (Å²) in [5, 5.41) is 2.56. The summed E-state index contributed by atoms with van der Waals surface area (Å²) < 4.78 is 1.72. The van der Waals surface area contributed by atoms with Gasteiger partial charge in [0.1, 0.15) is 0 Å². The molecule has 81 heavy (non-hydrogen) atoms. The van der Waals surface area contributed by atoms with Crippen molar-refractivity contribution < 1.29 is 19.1 Å². The van der Waals surface area contributed by atoms with Gasteiger partial charge in [-0.2, -0.15) is 0 Å². The third-order valence-electron chi connectivity index (χ3n) is 17.7. The Labute approximate surface area is 514 Å². The fraction of sp³-hybridized carbons (Fsp3) is 0.795. The molecule has 0 amide bonds. The molecule has 3 rings (SSSR count). The van der Waals surface area contributed by atoms with Crippen molar-refractivity contribution in [1.82, 2.24) is 0 Å². The van der Waals surface area contributed by atoms with Gasteiger partial charge in [0.25, 0.3) is 0 Å². The average Bonchev–Trinajstić information content (AvgIpc) is 3.93. The van der Waals surface area contributed by atoms with Crippen molar-refractivity contribution in [2.75, 3.05) is 0 Å². The van der Waals surface area contributed by atoms with E-state index in [-0.39, 0.29) is 0 Å². The summed E-state index contributed by atoms with van der Waals surface area (Å²) in [6.07, 6.45) is 69.6. The third kappa shape index (κ3) is 37.2. The van der Waals surface area contributed by atoms with E-state index >= 15 is 0 Å². The molecule has 3 heteroatoms. The minimum atomic E-state index is 0.944. The van der Waals surface area contributed by atoms with Gasteiger partial charge in [0.05, 0.1) is 0 Å². The summed E-state index contributed by atoms with van der Waals surface area (Å²) >= 11 is 1.82. The molecule has 1 aliphatic heterocycles. The number of allylic oxidation sites excluding steroid dienone is 2. The van der Waals surface area contributed by atoms with Gasteiger partial charge in [-0.25, -0.2) is 4.70 Å². The second kappa shape index (κ2) is 54.7. The first-order valence-corrected chi connectivity index (χ1v) is 38.0. The van der Waals surface area contributed by atoms with Crippen LogP contribution < -0.4 is 0 Å². The van der Waals surface area contributed by atoms with Crippen LogP contribution in [0.2, 0.25) is 10.8 Å². The molecule has 0 aliphatic carbocycles. The maximum atomic E-state index is 12.9. The molecule has 0 spiro atoms. The SMILES string of the molecule is CCCCCCCCCCCCCCCCCCc1cc(CCCCCCCCCCCCCCCCCC)cc(C2=C(CC)C(CCCCCCCC)=C(c3cc(CCCCCC)cc(CCCCCC)c3)[N+]2=[N-])c1.C[CH2][Ni][CH2]C. The van der Waals surface area contributed by atoms with Crippen LogP contribution in [0, 0.1) is 0 Å². The fourth-order valence-electron chi connectivity index (χ4n) is 12.8. The molecule has 0 atom stereocenters. The van der Waals surface area contributed by atoms with E-state index < -0.39 is 0 Å². The van der Waals surface area contributed by atoms with Crippen molar-refractivity contribution in [3.05, 3.63) is 86.5 Å². The Kier molecular flexibility index (Phi) is 50.7. The van der Waals surface area contributed by atoms with Crippen LogP contribution >= 0.6 is 0 Å². The number of aryl methyl sites for hydroxylation is 4. The van der Waals surface area contributed by atoms with Crippen molar-refractivity contribution in [2.24, 2.45) is 0 Å². The van der Waals surface area contributed by atoms with Crippen LogP contribution in [0.1, 0.15) is 397 Å². The van der Waals surface area contributed by atoms with E-state index in [9.17, 15) is 5.53 Å². The topological polar surface area (TPSA) is 25.3 Å². The molecule has 0 bridgehead atoms. The van der Waals surface area contributed by atoms with E-state index in [0.29, 0.717) is 0 Å². The maximum absolute atomic E-state index is 12.9. The summed E-state index contributed by atoms with van der Waals surface area (Å²) in [4.78, 5) is 0. The van der Waals surface area contributed by atoms with Crippen LogP contribution in [0.25, 0.3) is 16.9 Å². The van der Waals surface area contributed by atoms with Crippen LogP contribution in [-0.4, -0.2) is 4.70 Å². The molecule has 0 unspecified atom stereocenters. The van der Waals surface area contributed by atoms with E-state index in [2.05, 4.69) is 91.8 Å². The first-order valence-electron chi connectivity index (χ1n) is 36.6. The number of nitrogens with zero attached hydrogens (tertiary/aromatic N) is 2. The first kappa shape index (κ1) is 75.1. The van der Waals surface area contributed by atoms with E-state index in [0.717, 1.165) is 49.9 Å². The molecule has 1 aliphatic rings. The number of hydrogen-bond donors (Lipinski definition) is 0. The second-order valence-corrected chi connectivity index (χ2v) is 27.1. The van der Waals surface area contributed by atoms with Gasteiger partial charge >= 0.3 is 39.1 Å². The summed E-state index contributed by atoms with van der Waals surface area (Å²) in [5.74, 6) is 0. The van der Waals surface area contributed by atoms with Gasteiger partial charge < -0.3 is 5.53 Å². The van der Waals surface area contributed by atoms with Crippen molar-refractivity contribution in [3.63, 3.8) is 0 Å².